The first-order valence-corrected chi connectivity index (χ1v) is 11.2. The van der Waals surface area contributed by atoms with Crippen LogP contribution in [0.15, 0.2) is 42.5 Å². The lowest BCUT2D eigenvalue weighted by molar-refractivity contribution is 0.0792. The molecule has 1 amide bonds. The van der Waals surface area contributed by atoms with Crippen LogP contribution in [0.4, 0.5) is 0 Å². The average molecular weight is 427 g/mol. The fourth-order valence-electron chi connectivity index (χ4n) is 3.64. The zero-order chi connectivity index (χ0) is 22.1. The molecule has 0 radical (unpaired) electrons. The number of carbonyl (C=O) groups excluding carboxylic acids is 1. The van der Waals surface area contributed by atoms with E-state index in [2.05, 4.69) is 41.4 Å². The first kappa shape index (κ1) is 23.1. The van der Waals surface area contributed by atoms with Crippen molar-refractivity contribution in [1.82, 2.24) is 10.2 Å². The highest BCUT2D eigenvalue weighted by Gasteiger charge is 2.17. The highest BCUT2D eigenvalue weighted by Crippen LogP contribution is 2.28. The second-order valence-electron chi connectivity index (χ2n) is 8.07. The number of unbranched alkanes of at least 4 members (excludes halogenated alkanes) is 1. The number of hydrogen-bond donors (Lipinski definition) is 2. The van der Waals surface area contributed by atoms with E-state index in [9.17, 15) is 9.90 Å². The minimum atomic E-state index is -0.146. The van der Waals surface area contributed by atoms with Crippen molar-refractivity contribution in [2.24, 2.45) is 0 Å². The van der Waals surface area contributed by atoms with Gasteiger partial charge in [-0.2, -0.15) is 0 Å². The van der Waals surface area contributed by atoms with Crippen LogP contribution in [-0.4, -0.2) is 48.8 Å². The predicted octanol–water partition coefficient (Wildman–Crippen LogP) is 3.76. The number of hydrogen-bond acceptors (Lipinski definition) is 5. The van der Waals surface area contributed by atoms with Gasteiger partial charge in [0.2, 0.25) is 0 Å². The summed E-state index contributed by atoms with van der Waals surface area (Å²) in [7, 11) is 1.58. The second-order valence-corrected chi connectivity index (χ2v) is 8.07. The van der Waals surface area contributed by atoms with Crippen molar-refractivity contribution < 1.29 is 19.4 Å². The van der Waals surface area contributed by atoms with Gasteiger partial charge in [-0.05, 0) is 48.6 Å². The Morgan fingerprint density at radius 3 is 2.48 bits per heavy atom. The van der Waals surface area contributed by atoms with Crippen LogP contribution >= 0.6 is 0 Å². The molecule has 1 aliphatic heterocycles. The third-order valence-electron chi connectivity index (χ3n) is 5.62. The number of nitrogens with zero attached hydrogens (tertiary/aromatic N) is 1. The normalized spacial score (nSPS) is 14.9. The third-order valence-corrected chi connectivity index (χ3v) is 5.62. The summed E-state index contributed by atoms with van der Waals surface area (Å²) < 4.78 is 11.1. The largest absolute Gasteiger partial charge is 0.493 e. The summed E-state index contributed by atoms with van der Waals surface area (Å²) in [5.74, 6) is 1.08. The minimum absolute atomic E-state index is 0.144. The molecule has 3 rings (SSSR count). The summed E-state index contributed by atoms with van der Waals surface area (Å²) in [6.07, 6.45) is 3.59. The summed E-state index contributed by atoms with van der Waals surface area (Å²) >= 11 is 0. The number of benzene rings is 2. The average Bonchev–Trinajstić information content (AvgIpc) is 2.80. The smallest absolute Gasteiger partial charge is 0.251 e. The standard InChI is InChI=1S/C25H34N2O4/c1-3-4-15-31-23-10-9-21(16-24(23)30-2)25(29)26-17-19-5-7-20(8-6-19)18-27-13-11-22(28)12-14-27/h5-10,16,22,28H,3-4,11-15,17-18H2,1-2H3,(H,26,29). The lowest BCUT2D eigenvalue weighted by atomic mass is 10.1. The van der Waals surface area contributed by atoms with Gasteiger partial charge >= 0.3 is 0 Å². The van der Waals surface area contributed by atoms with Gasteiger partial charge in [0.15, 0.2) is 11.5 Å². The van der Waals surface area contributed by atoms with Crippen molar-refractivity contribution in [2.45, 2.75) is 51.8 Å². The molecule has 1 heterocycles. The van der Waals surface area contributed by atoms with Gasteiger partial charge in [-0.1, -0.05) is 37.6 Å². The monoisotopic (exact) mass is 426 g/mol. The third kappa shape index (κ3) is 6.97. The molecule has 2 N–H and O–H groups in total. The maximum Gasteiger partial charge on any atom is 0.251 e. The molecule has 0 atom stereocenters. The highest BCUT2D eigenvalue weighted by atomic mass is 16.5. The van der Waals surface area contributed by atoms with E-state index < -0.39 is 0 Å². The lowest BCUT2D eigenvalue weighted by Gasteiger charge is -2.29. The van der Waals surface area contributed by atoms with Gasteiger partial charge in [-0.3, -0.25) is 9.69 Å². The van der Waals surface area contributed by atoms with Crippen molar-refractivity contribution >= 4 is 5.91 Å². The van der Waals surface area contributed by atoms with Crippen molar-refractivity contribution in [3.05, 3.63) is 59.2 Å². The van der Waals surface area contributed by atoms with E-state index in [1.807, 2.05) is 0 Å². The molecule has 0 aromatic heterocycles. The number of likely N-dealkylation sites (tertiary alicyclic amines) is 1. The minimum Gasteiger partial charge on any atom is -0.493 e. The van der Waals surface area contributed by atoms with Crippen molar-refractivity contribution in [3.63, 3.8) is 0 Å². The Morgan fingerprint density at radius 2 is 1.81 bits per heavy atom. The fraction of sp³-hybridized carbons (Fsp3) is 0.480. The van der Waals surface area contributed by atoms with Crippen molar-refractivity contribution in [2.75, 3.05) is 26.8 Å². The first-order valence-electron chi connectivity index (χ1n) is 11.2. The molecule has 0 bridgehead atoms. The molecular formula is C25H34N2O4. The maximum absolute atomic E-state index is 12.6. The van der Waals surface area contributed by atoms with E-state index in [0.29, 0.717) is 30.2 Å². The van der Waals surface area contributed by atoms with E-state index >= 15 is 0 Å². The van der Waals surface area contributed by atoms with Crippen LogP contribution < -0.4 is 14.8 Å². The number of amides is 1. The number of aliphatic hydroxyl groups is 1. The van der Waals surface area contributed by atoms with Crippen LogP contribution in [0.2, 0.25) is 0 Å². The molecule has 0 unspecified atom stereocenters. The fourth-order valence-corrected chi connectivity index (χ4v) is 3.64. The Bertz CT molecular complexity index is 830. The lowest BCUT2D eigenvalue weighted by Crippen LogP contribution is -2.35. The van der Waals surface area contributed by atoms with E-state index in [4.69, 9.17) is 9.47 Å². The van der Waals surface area contributed by atoms with Crippen LogP contribution in [0, 0.1) is 0 Å². The Hall–Kier alpha value is -2.57. The molecule has 2 aromatic rings. The Balaban J connectivity index is 1.50. The van der Waals surface area contributed by atoms with Crippen LogP contribution in [0.1, 0.15) is 54.1 Å². The Kier molecular flexibility index (Phi) is 8.74. The second kappa shape index (κ2) is 11.7. The van der Waals surface area contributed by atoms with E-state index in [0.717, 1.165) is 50.9 Å². The number of carbonyl (C=O) groups is 1. The van der Waals surface area contributed by atoms with E-state index in [1.54, 1.807) is 25.3 Å². The topological polar surface area (TPSA) is 71.0 Å². The van der Waals surface area contributed by atoms with Crippen LogP contribution in [0.3, 0.4) is 0 Å². The highest BCUT2D eigenvalue weighted by molar-refractivity contribution is 5.94. The van der Waals surface area contributed by atoms with Gasteiger partial charge in [0, 0.05) is 31.7 Å². The number of methoxy groups -OCH3 is 1. The van der Waals surface area contributed by atoms with Gasteiger partial charge in [-0.25, -0.2) is 0 Å². The summed E-state index contributed by atoms with van der Waals surface area (Å²) in [5, 5.41) is 12.6. The van der Waals surface area contributed by atoms with Gasteiger partial charge in [0.1, 0.15) is 0 Å². The number of rotatable bonds is 10. The molecule has 0 aliphatic carbocycles. The molecule has 0 spiro atoms. The number of aliphatic hydroxyl groups excluding tert-OH is 1. The van der Waals surface area contributed by atoms with Gasteiger partial charge in [-0.15, -0.1) is 0 Å². The molecule has 6 nitrogen and oxygen atoms in total. The zero-order valence-corrected chi connectivity index (χ0v) is 18.6. The molecule has 31 heavy (non-hydrogen) atoms. The Morgan fingerprint density at radius 1 is 1.10 bits per heavy atom. The summed E-state index contributed by atoms with van der Waals surface area (Å²) in [6.45, 7) is 5.98. The molecule has 168 valence electrons. The number of ether oxygens (including phenoxy) is 2. The van der Waals surface area contributed by atoms with Crippen LogP contribution in [0.5, 0.6) is 11.5 Å². The molecule has 2 aromatic carbocycles. The predicted molar refractivity (Wildman–Crippen MR) is 122 cm³/mol. The summed E-state index contributed by atoms with van der Waals surface area (Å²) in [4.78, 5) is 14.9. The van der Waals surface area contributed by atoms with Crippen LogP contribution in [0.25, 0.3) is 0 Å². The quantitative estimate of drug-likeness (QED) is 0.566. The number of nitrogens with one attached hydrogen (secondary N) is 1. The van der Waals surface area contributed by atoms with Crippen LogP contribution in [-0.2, 0) is 13.1 Å². The molecule has 1 aliphatic rings. The summed E-state index contributed by atoms with van der Waals surface area (Å²) in [6, 6.07) is 13.6. The molecule has 0 saturated carbocycles. The summed E-state index contributed by atoms with van der Waals surface area (Å²) in [5.41, 5.74) is 2.84. The number of piperidine rings is 1. The zero-order valence-electron chi connectivity index (χ0n) is 18.6. The van der Waals surface area contributed by atoms with E-state index in [1.165, 1.54) is 5.56 Å². The van der Waals surface area contributed by atoms with Gasteiger partial charge < -0.3 is 19.9 Å². The maximum atomic E-state index is 12.6. The first-order chi connectivity index (χ1) is 15.1. The van der Waals surface area contributed by atoms with E-state index in [-0.39, 0.29) is 12.0 Å². The van der Waals surface area contributed by atoms with Gasteiger partial charge in [0.05, 0.1) is 19.8 Å². The van der Waals surface area contributed by atoms with Crippen molar-refractivity contribution in [3.8, 4) is 11.5 Å². The molecule has 1 saturated heterocycles. The van der Waals surface area contributed by atoms with Gasteiger partial charge in [0.25, 0.3) is 5.91 Å². The molecule has 6 heteroatoms. The van der Waals surface area contributed by atoms with Crippen molar-refractivity contribution in [1.29, 1.82) is 0 Å². The molecular weight excluding hydrogens is 392 g/mol. The molecule has 1 fully saturated rings. The SMILES string of the molecule is CCCCOc1ccc(C(=O)NCc2ccc(CN3CCC(O)CC3)cc2)cc1OC. The Labute approximate surface area is 185 Å².